The van der Waals surface area contributed by atoms with Gasteiger partial charge in [-0.2, -0.15) is 0 Å². The number of aromatic nitrogens is 3. The van der Waals surface area contributed by atoms with E-state index >= 15 is 0 Å². The molecule has 1 aromatic rings. The first-order chi connectivity index (χ1) is 10.5. The van der Waals surface area contributed by atoms with Crippen LogP contribution in [0.25, 0.3) is 0 Å². The quantitative estimate of drug-likeness (QED) is 0.776. The second-order valence-electron chi connectivity index (χ2n) is 6.02. The molecule has 0 saturated heterocycles. The highest BCUT2D eigenvalue weighted by molar-refractivity contribution is 5.94. The first kappa shape index (κ1) is 15.0. The summed E-state index contributed by atoms with van der Waals surface area (Å²) in [5.74, 6) is -0.319. The number of likely N-dealkylation sites (N-methyl/N-ethyl adjacent to an activating group) is 1. The van der Waals surface area contributed by atoms with Crippen LogP contribution in [-0.4, -0.2) is 55.5 Å². The zero-order valence-electron chi connectivity index (χ0n) is 12.7. The predicted octanol–water partition coefficient (Wildman–Crippen LogP) is -0.325. The molecule has 8 heteroatoms. The van der Waals surface area contributed by atoms with Crippen molar-refractivity contribution in [3.05, 3.63) is 11.4 Å². The minimum absolute atomic E-state index is 0.0966. The lowest BCUT2D eigenvalue weighted by Crippen LogP contribution is -2.42. The van der Waals surface area contributed by atoms with Crippen molar-refractivity contribution >= 4 is 11.8 Å². The van der Waals surface area contributed by atoms with Crippen LogP contribution in [0.3, 0.4) is 0 Å². The first-order valence-electron chi connectivity index (χ1n) is 7.73. The molecular formula is C14H21N5O3. The molecule has 120 valence electrons. The Kier molecular flexibility index (Phi) is 3.86. The zero-order chi connectivity index (χ0) is 15.7. The van der Waals surface area contributed by atoms with Gasteiger partial charge in [0.25, 0.3) is 5.91 Å². The van der Waals surface area contributed by atoms with Gasteiger partial charge in [0.1, 0.15) is 5.69 Å². The number of rotatable bonds is 5. The number of carbonyl (C=O) groups excluding carboxylic acids is 2. The summed E-state index contributed by atoms with van der Waals surface area (Å²) < 4.78 is 1.59. The largest absolute Gasteiger partial charge is 0.389 e. The van der Waals surface area contributed by atoms with Crippen molar-refractivity contribution in [2.24, 2.45) is 0 Å². The van der Waals surface area contributed by atoms with E-state index in [2.05, 4.69) is 15.6 Å². The average molecular weight is 307 g/mol. The molecule has 2 heterocycles. The molecule has 1 saturated carbocycles. The Morgan fingerprint density at radius 2 is 2.18 bits per heavy atom. The van der Waals surface area contributed by atoms with Gasteiger partial charge in [-0.1, -0.05) is 5.21 Å². The highest BCUT2D eigenvalue weighted by Gasteiger charge is 2.36. The fraction of sp³-hybridized carbons (Fsp3) is 0.714. The summed E-state index contributed by atoms with van der Waals surface area (Å²) in [6, 6.07) is 0. The van der Waals surface area contributed by atoms with Crippen molar-refractivity contribution in [1.29, 1.82) is 0 Å². The van der Waals surface area contributed by atoms with Crippen LogP contribution >= 0.6 is 0 Å². The third-order valence-corrected chi connectivity index (χ3v) is 4.48. The lowest BCUT2D eigenvalue weighted by Gasteiger charge is -2.35. The van der Waals surface area contributed by atoms with Gasteiger partial charge < -0.3 is 15.3 Å². The molecule has 1 aliphatic heterocycles. The van der Waals surface area contributed by atoms with E-state index in [0.717, 1.165) is 6.42 Å². The Balaban J connectivity index is 1.63. The maximum atomic E-state index is 12.3. The van der Waals surface area contributed by atoms with Crippen LogP contribution in [0.15, 0.2) is 0 Å². The highest BCUT2D eigenvalue weighted by atomic mass is 16.3. The van der Waals surface area contributed by atoms with E-state index in [0.29, 0.717) is 43.9 Å². The van der Waals surface area contributed by atoms with Crippen LogP contribution < -0.4 is 5.32 Å². The Labute approximate surface area is 128 Å². The minimum atomic E-state index is -0.842. The molecule has 1 aromatic heterocycles. The molecule has 0 spiro atoms. The van der Waals surface area contributed by atoms with E-state index in [1.165, 1.54) is 0 Å². The van der Waals surface area contributed by atoms with Crippen LogP contribution in [0.2, 0.25) is 0 Å². The van der Waals surface area contributed by atoms with E-state index in [4.69, 9.17) is 0 Å². The molecule has 0 unspecified atom stereocenters. The smallest absolute Gasteiger partial charge is 0.274 e. The number of carbonyl (C=O) groups is 2. The van der Waals surface area contributed by atoms with Gasteiger partial charge in [0.2, 0.25) is 5.91 Å². The van der Waals surface area contributed by atoms with Crippen LogP contribution in [-0.2, 0) is 17.9 Å². The maximum Gasteiger partial charge on any atom is 0.274 e. The predicted molar refractivity (Wildman–Crippen MR) is 76.9 cm³/mol. The molecule has 0 atom stereocenters. The summed E-state index contributed by atoms with van der Waals surface area (Å²) >= 11 is 0. The van der Waals surface area contributed by atoms with Crippen LogP contribution in [0, 0.1) is 0 Å². The lowest BCUT2D eigenvalue weighted by molar-refractivity contribution is -0.130. The molecule has 0 radical (unpaired) electrons. The third-order valence-electron chi connectivity index (χ3n) is 4.48. The lowest BCUT2D eigenvalue weighted by atomic mass is 9.78. The molecule has 8 nitrogen and oxygen atoms in total. The summed E-state index contributed by atoms with van der Waals surface area (Å²) in [4.78, 5) is 26.0. The van der Waals surface area contributed by atoms with Crippen molar-refractivity contribution in [1.82, 2.24) is 25.2 Å². The fourth-order valence-corrected chi connectivity index (χ4v) is 2.93. The van der Waals surface area contributed by atoms with Crippen molar-refractivity contribution in [2.45, 2.75) is 51.3 Å². The monoisotopic (exact) mass is 307 g/mol. The molecule has 22 heavy (non-hydrogen) atoms. The van der Waals surface area contributed by atoms with Crippen LogP contribution in [0.1, 0.15) is 48.8 Å². The second-order valence-corrected chi connectivity index (χ2v) is 6.02. The molecule has 3 rings (SSSR count). The Hall–Kier alpha value is -1.96. The van der Waals surface area contributed by atoms with E-state index in [9.17, 15) is 14.7 Å². The average Bonchev–Trinajstić information content (AvgIpc) is 2.88. The number of hydrogen-bond donors (Lipinski definition) is 2. The molecule has 0 aromatic carbocycles. The summed E-state index contributed by atoms with van der Waals surface area (Å²) in [6.45, 7) is 3.98. The third kappa shape index (κ3) is 2.70. The highest BCUT2D eigenvalue weighted by Crippen LogP contribution is 2.34. The number of fused-ring (bicyclic) bond motifs is 1. The number of aliphatic hydroxyl groups is 1. The van der Waals surface area contributed by atoms with Gasteiger partial charge >= 0.3 is 0 Å². The number of nitrogens with zero attached hydrogens (tertiary/aromatic N) is 4. The van der Waals surface area contributed by atoms with Gasteiger partial charge in [-0.05, 0) is 26.2 Å². The van der Waals surface area contributed by atoms with Crippen LogP contribution in [0.4, 0.5) is 0 Å². The topological polar surface area (TPSA) is 100 Å². The number of hydrogen-bond acceptors (Lipinski definition) is 5. The number of nitrogens with one attached hydrogen (secondary N) is 1. The Morgan fingerprint density at radius 1 is 1.41 bits per heavy atom. The van der Waals surface area contributed by atoms with Gasteiger partial charge in [-0.15, -0.1) is 5.10 Å². The zero-order valence-corrected chi connectivity index (χ0v) is 12.7. The Morgan fingerprint density at radius 3 is 2.82 bits per heavy atom. The van der Waals surface area contributed by atoms with Gasteiger partial charge in [0, 0.05) is 13.1 Å². The number of amides is 2. The van der Waals surface area contributed by atoms with Gasteiger partial charge in [-0.3, -0.25) is 9.59 Å². The molecular weight excluding hydrogens is 286 g/mol. The van der Waals surface area contributed by atoms with Crippen molar-refractivity contribution < 1.29 is 14.7 Å². The van der Waals surface area contributed by atoms with Crippen molar-refractivity contribution in [3.63, 3.8) is 0 Å². The molecule has 1 fully saturated rings. The summed E-state index contributed by atoms with van der Waals surface area (Å²) in [6.07, 6.45) is 2.41. The van der Waals surface area contributed by atoms with E-state index < -0.39 is 5.60 Å². The molecule has 1 aliphatic carbocycles. The second kappa shape index (κ2) is 5.68. The summed E-state index contributed by atoms with van der Waals surface area (Å²) in [7, 11) is 0. The van der Waals surface area contributed by atoms with Gasteiger partial charge in [0.05, 0.1) is 25.1 Å². The van der Waals surface area contributed by atoms with E-state index in [1.54, 1.807) is 9.58 Å². The van der Waals surface area contributed by atoms with Gasteiger partial charge in [-0.25, -0.2) is 4.68 Å². The first-order valence-corrected chi connectivity index (χ1v) is 7.73. The standard InChI is InChI=1S/C14H21N5O3/c1-2-18-6-7-19-12(13(18)21)10(16-17-19)9-15-11(20)8-14(22)4-3-5-14/h22H,2-9H2,1H3,(H,15,20). The van der Waals surface area contributed by atoms with Crippen molar-refractivity contribution in [2.75, 3.05) is 13.1 Å². The van der Waals surface area contributed by atoms with Crippen LogP contribution in [0.5, 0.6) is 0 Å². The molecule has 2 aliphatic rings. The normalized spacial score (nSPS) is 19.5. The van der Waals surface area contributed by atoms with Crippen molar-refractivity contribution in [3.8, 4) is 0 Å². The molecule has 2 N–H and O–H groups in total. The van der Waals surface area contributed by atoms with E-state index in [-0.39, 0.29) is 24.8 Å². The summed E-state index contributed by atoms with van der Waals surface area (Å²) in [5.41, 5.74) is 0.0954. The fourth-order valence-electron chi connectivity index (χ4n) is 2.93. The van der Waals surface area contributed by atoms with E-state index in [1.807, 2.05) is 6.92 Å². The Bertz CT molecular complexity index is 593. The minimum Gasteiger partial charge on any atom is -0.389 e. The van der Waals surface area contributed by atoms with Gasteiger partial charge in [0.15, 0.2) is 5.69 Å². The molecule has 0 bridgehead atoms. The maximum absolute atomic E-state index is 12.3. The SMILES string of the molecule is CCN1CCn2nnc(CNC(=O)CC3(O)CCC3)c2C1=O. The summed E-state index contributed by atoms with van der Waals surface area (Å²) in [5, 5.41) is 20.7. The molecule has 2 amide bonds.